The van der Waals surface area contributed by atoms with Crippen molar-refractivity contribution in [3.05, 3.63) is 0 Å². The van der Waals surface area contributed by atoms with E-state index in [9.17, 15) is 0 Å². The minimum atomic E-state index is 0.619. The molecular formula is C15H31N3. The van der Waals surface area contributed by atoms with Crippen LogP contribution in [0.4, 0.5) is 0 Å². The summed E-state index contributed by atoms with van der Waals surface area (Å²) in [6.45, 7) is 13.3. The second-order valence-electron chi connectivity index (χ2n) is 6.43. The van der Waals surface area contributed by atoms with Gasteiger partial charge >= 0.3 is 0 Å². The van der Waals surface area contributed by atoms with Gasteiger partial charge in [0.05, 0.1) is 0 Å². The van der Waals surface area contributed by atoms with Crippen molar-refractivity contribution in [1.82, 2.24) is 15.1 Å². The number of likely N-dealkylation sites (tertiary alicyclic amines) is 2. The molecule has 106 valence electrons. The van der Waals surface area contributed by atoms with Crippen LogP contribution in [0.15, 0.2) is 0 Å². The Morgan fingerprint density at radius 1 is 1.11 bits per heavy atom. The standard InChI is InChI=1S/C15H31N3/c1-13(2)16-8-6-14(3)18-11-7-15(12-18)17-9-4-5-10-17/h13-16H,4-12H2,1-3H3. The molecule has 2 saturated heterocycles. The van der Waals surface area contributed by atoms with E-state index in [0.29, 0.717) is 6.04 Å². The summed E-state index contributed by atoms with van der Waals surface area (Å²) in [4.78, 5) is 5.42. The number of hydrogen-bond acceptors (Lipinski definition) is 3. The number of rotatable bonds is 6. The largest absolute Gasteiger partial charge is 0.314 e. The average molecular weight is 253 g/mol. The van der Waals surface area contributed by atoms with Gasteiger partial charge in [0.15, 0.2) is 0 Å². The molecule has 1 N–H and O–H groups in total. The molecule has 3 nitrogen and oxygen atoms in total. The van der Waals surface area contributed by atoms with E-state index in [1.807, 2.05) is 0 Å². The van der Waals surface area contributed by atoms with Crippen molar-refractivity contribution in [2.45, 2.75) is 64.6 Å². The van der Waals surface area contributed by atoms with Crippen molar-refractivity contribution in [2.75, 3.05) is 32.7 Å². The zero-order valence-corrected chi connectivity index (χ0v) is 12.5. The number of nitrogens with one attached hydrogen (secondary N) is 1. The highest BCUT2D eigenvalue weighted by molar-refractivity contribution is 4.87. The van der Waals surface area contributed by atoms with Gasteiger partial charge in [0.25, 0.3) is 0 Å². The summed E-state index contributed by atoms with van der Waals surface area (Å²) in [5.74, 6) is 0. The lowest BCUT2D eigenvalue weighted by Gasteiger charge is -2.27. The lowest BCUT2D eigenvalue weighted by Crippen LogP contribution is -2.39. The number of hydrogen-bond donors (Lipinski definition) is 1. The van der Waals surface area contributed by atoms with Gasteiger partial charge in [-0.3, -0.25) is 9.80 Å². The Labute approximate surface area is 113 Å². The fourth-order valence-corrected chi connectivity index (χ4v) is 3.34. The van der Waals surface area contributed by atoms with Crippen LogP contribution in [0.3, 0.4) is 0 Å². The maximum Gasteiger partial charge on any atom is 0.0235 e. The van der Waals surface area contributed by atoms with Gasteiger partial charge in [0.1, 0.15) is 0 Å². The monoisotopic (exact) mass is 253 g/mol. The first-order valence-electron chi connectivity index (χ1n) is 7.88. The molecule has 2 rings (SSSR count). The summed E-state index contributed by atoms with van der Waals surface area (Å²) in [5, 5.41) is 3.53. The molecule has 2 fully saturated rings. The van der Waals surface area contributed by atoms with Crippen LogP contribution in [-0.2, 0) is 0 Å². The molecule has 2 aliphatic heterocycles. The van der Waals surface area contributed by atoms with Crippen LogP contribution < -0.4 is 5.32 Å². The second kappa shape index (κ2) is 6.88. The first kappa shape index (κ1) is 14.3. The Hall–Kier alpha value is -0.120. The van der Waals surface area contributed by atoms with Crippen molar-refractivity contribution >= 4 is 0 Å². The summed E-state index contributed by atoms with van der Waals surface area (Å²) in [6, 6.07) is 2.21. The summed E-state index contributed by atoms with van der Waals surface area (Å²) in [6.07, 6.45) is 5.52. The van der Waals surface area contributed by atoms with E-state index >= 15 is 0 Å². The van der Waals surface area contributed by atoms with Gasteiger partial charge in [0, 0.05) is 31.2 Å². The smallest absolute Gasteiger partial charge is 0.0235 e. The van der Waals surface area contributed by atoms with E-state index in [1.54, 1.807) is 0 Å². The first-order valence-corrected chi connectivity index (χ1v) is 7.88. The van der Waals surface area contributed by atoms with Crippen molar-refractivity contribution in [3.8, 4) is 0 Å². The van der Waals surface area contributed by atoms with E-state index < -0.39 is 0 Å². The fraction of sp³-hybridized carbons (Fsp3) is 1.00. The molecule has 2 unspecified atom stereocenters. The predicted octanol–water partition coefficient (Wildman–Crippen LogP) is 1.93. The topological polar surface area (TPSA) is 18.5 Å². The van der Waals surface area contributed by atoms with E-state index in [0.717, 1.165) is 18.6 Å². The SMILES string of the molecule is CC(C)NCCC(C)N1CCC(N2CCCC2)C1. The van der Waals surface area contributed by atoms with E-state index in [1.165, 1.54) is 51.9 Å². The molecule has 0 aliphatic carbocycles. The highest BCUT2D eigenvalue weighted by Gasteiger charge is 2.30. The van der Waals surface area contributed by atoms with Crippen LogP contribution >= 0.6 is 0 Å². The average Bonchev–Trinajstić information content (AvgIpc) is 2.99. The van der Waals surface area contributed by atoms with Crippen LogP contribution in [0.2, 0.25) is 0 Å². The maximum absolute atomic E-state index is 3.53. The maximum atomic E-state index is 3.53. The van der Waals surface area contributed by atoms with Gasteiger partial charge in [-0.05, 0) is 52.2 Å². The van der Waals surface area contributed by atoms with Crippen molar-refractivity contribution in [1.29, 1.82) is 0 Å². The van der Waals surface area contributed by atoms with E-state index in [-0.39, 0.29) is 0 Å². The molecule has 0 amide bonds. The van der Waals surface area contributed by atoms with Gasteiger partial charge < -0.3 is 5.32 Å². The zero-order valence-electron chi connectivity index (χ0n) is 12.5. The Balaban J connectivity index is 1.67. The molecule has 2 heterocycles. The molecule has 3 heteroatoms. The van der Waals surface area contributed by atoms with Gasteiger partial charge in [-0.2, -0.15) is 0 Å². The molecule has 0 spiro atoms. The predicted molar refractivity (Wildman–Crippen MR) is 78.0 cm³/mol. The van der Waals surface area contributed by atoms with Crippen LogP contribution in [0.5, 0.6) is 0 Å². The minimum Gasteiger partial charge on any atom is -0.314 e. The normalized spacial score (nSPS) is 28.3. The highest BCUT2D eigenvalue weighted by Crippen LogP contribution is 2.22. The molecule has 0 saturated carbocycles. The third-order valence-electron chi connectivity index (χ3n) is 4.59. The van der Waals surface area contributed by atoms with Crippen molar-refractivity contribution in [2.24, 2.45) is 0 Å². The van der Waals surface area contributed by atoms with Crippen LogP contribution in [0.1, 0.15) is 46.5 Å². The Morgan fingerprint density at radius 2 is 1.83 bits per heavy atom. The minimum absolute atomic E-state index is 0.619. The molecule has 18 heavy (non-hydrogen) atoms. The molecule has 0 radical (unpaired) electrons. The Bertz CT molecular complexity index is 236. The molecule has 0 aromatic heterocycles. The molecule has 0 aromatic carbocycles. The molecule has 2 atom stereocenters. The van der Waals surface area contributed by atoms with Crippen molar-refractivity contribution in [3.63, 3.8) is 0 Å². The summed E-state index contributed by atoms with van der Waals surface area (Å²) in [5.41, 5.74) is 0. The van der Waals surface area contributed by atoms with Gasteiger partial charge in [-0.15, -0.1) is 0 Å². The molecular weight excluding hydrogens is 222 g/mol. The van der Waals surface area contributed by atoms with Gasteiger partial charge in [-0.1, -0.05) is 13.8 Å². The van der Waals surface area contributed by atoms with E-state index in [2.05, 4.69) is 35.9 Å². The molecule has 0 bridgehead atoms. The first-order chi connectivity index (χ1) is 8.66. The number of nitrogens with zero attached hydrogens (tertiary/aromatic N) is 2. The highest BCUT2D eigenvalue weighted by atomic mass is 15.3. The van der Waals surface area contributed by atoms with Gasteiger partial charge in [0.2, 0.25) is 0 Å². The second-order valence-corrected chi connectivity index (χ2v) is 6.43. The van der Waals surface area contributed by atoms with Crippen LogP contribution in [0.25, 0.3) is 0 Å². The summed E-state index contributed by atoms with van der Waals surface area (Å²) < 4.78 is 0. The Kier molecular flexibility index (Phi) is 5.46. The summed E-state index contributed by atoms with van der Waals surface area (Å²) >= 11 is 0. The molecule has 0 aromatic rings. The third kappa shape index (κ3) is 3.94. The zero-order chi connectivity index (χ0) is 13.0. The third-order valence-corrected chi connectivity index (χ3v) is 4.59. The lowest BCUT2D eigenvalue weighted by molar-refractivity contribution is 0.200. The molecule has 2 aliphatic rings. The van der Waals surface area contributed by atoms with Gasteiger partial charge in [-0.25, -0.2) is 0 Å². The summed E-state index contributed by atoms with van der Waals surface area (Å²) in [7, 11) is 0. The lowest BCUT2D eigenvalue weighted by atomic mass is 10.2. The Morgan fingerprint density at radius 3 is 2.50 bits per heavy atom. The quantitative estimate of drug-likeness (QED) is 0.780. The van der Waals surface area contributed by atoms with Crippen LogP contribution in [0, 0.1) is 0 Å². The van der Waals surface area contributed by atoms with Crippen molar-refractivity contribution < 1.29 is 0 Å². The van der Waals surface area contributed by atoms with E-state index in [4.69, 9.17) is 0 Å². The fourth-order valence-electron chi connectivity index (χ4n) is 3.34. The van der Waals surface area contributed by atoms with Crippen LogP contribution in [-0.4, -0.2) is 60.6 Å².